The highest BCUT2D eigenvalue weighted by atomic mass is 16.5. The molecule has 0 aromatic heterocycles. The van der Waals surface area contributed by atoms with Crippen LogP contribution >= 0.6 is 0 Å². The van der Waals surface area contributed by atoms with Gasteiger partial charge in [-0.15, -0.1) is 0 Å². The molecule has 0 bridgehead atoms. The molecule has 1 aromatic carbocycles. The summed E-state index contributed by atoms with van der Waals surface area (Å²) in [5, 5.41) is 12.2. The predicted molar refractivity (Wildman–Crippen MR) is 96.9 cm³/mol. The van der Waals surface area contributed by atoms with Crippen molar-refractivity contribution in [3.05, 3.63) is 35.4 Å². The van der Waals surface area contributed by atoms with Crippen LogP contribution in [0.3, 0.4) is 0 Å². The molecule has 1 heterocycles. The molecule has 1 aliphatic rings. The third kappa shape index (κ3) is 5.49. The maximum absolute atomic E-state index is 11.9. The fourth-order valence-electron chi connectivity index (χ4n) is 2.86. The van der Waals surface area contributed by atoms with Gasteiger partial charge in [0.25, 0.3) is 0 Å². The Morgan fingerprint density at radius 1 is 1.32 bits per heavy atom. The summed E-state index contributed by atoms with van der Waals surface area (Å²) in [5.41, 5.74) is 1.72. The Hall–Kier alpha value is -2.55. The zero-order valence-corrected chi connectivity index (χ0v) is 15.0. The number of piperidine rings is 1. The lowest BCUT2D eigenvalue weighted by Crippen LogP contribution is -2.46. The van der Waals surface area contributed by atoms with Crippen LogP contribution < -0.4 is 5.32 Å². The number of hydrogen-bond acceptors (Lipinski definition) is 4. The first kappa shape index (κ1) is 18.8. The number of carbonyl (C=O) groups is 1. The molecule has 25 heavy (non-hydrogen) atoms. The van der Waals surface area contributed by atoms with Gasteiger partial charge in [-0.1, -0.05) is 12.1 Å². The maximum atomic E-state index is 11.9. The third-order valence-electron chi connectivity index (χ3n) is 4.24. The van der Waals surface area contributed by atoms with Gasteiger partial charge in [0.15, 0.2) is 5.96 Å². The van der Waals surface area contributed by atoms with Gasteiger partial charge in [-0.2, -0.15) is 5.26 Å². The smallest absolute Gasteiger partial charge is 0.309 e. The Kier molecular flexibility index (Phi) is 7.27. The summed E-state index contributed by atoms with van der Waals surface area (Å²) in [5.74, 6) is 0.786. The highest BCUT2D eigenvalue weighted by Crippen LogP contribution is 2.19. The molecule has 0 aliphatic carbocycles. The monoisotopic (exact) mass is 342 g/mol. The van der Waals surface area contributed by atoms with Crippen LogP contribution in [0, 0.1) is 17.2 Å². The van der Waals surface area contributed by atoms with Crippen molar-refractivity contribution in [3.63, 3.8) is 0 Å². The number of ether oxygens (including phenoxy) is 1. The molecule has 1 N–H and O–H groups in total. The van der Waals surface area contributed by atoms with Gasteiger partial charge in [-0.05, 0) is 44.4 Å². The quantitative estimate of drug-likeness (QED) is 0.505. The van der Waals surface area contributed by atoms with Crippen LogP contribution in [-0.4, -0.2) is 43.1 Å². The van der Waals surface area contributed by atoms with Gasteiger partial charge in [0.1, 0.15) is 0 Å². The van der Waals surface area contributed by atoms with Gasteiger partial charge in [0, 0.05) is 19.6 Å². The minimum absolute atomic E-state index is 0.00222. The molecule has 0 amide bonds. The summed E-state index contributed by atoms with van der Waals surface area (Å²) in [6.07, 6.45) is 1.58. The van der Waals surface area contributed by atoms with E-state index in [1.807, 2.05) is 38.1 Å². The van der Waals surface area contributed by atoms with E-state index < -0.39 is 0 Å². The molecule has 6 nitrogen and oxygen atoms in total. The van der Waals surface area contributed by atoms with E-state index in [9.17, 15) is 4.79 Å². The van der Waals surface area contributed by atoms with E-state index in [0.29, 0.717) is 18.7 Å². The van der Waals surface area contributed by atoms with Crippen molar-refractivity contribution >= 4 is 11.9 Å². The zero-order valence-electron chi connectivity index (χ0n) is 15.0. The largest absolute Gasteiger partial charge is 0.466 e. The number of rotatable bonds is 5. The molecular formula is C19H26N4O2. The summed E-state index contributed by atoms with van der Waals surface area (Å²) in [6.45, 7) is 7.27. The Balaban J connectivity index is 1.95. The normalized spacial score (nSPS) is 15.6. The molecule has 0 saturated carbocycles. The average Bonchev–Trinajstić information content (AvgIpc) is 2.66. The first-order chi connectivity index (χ1) is 12.2. The fourth-order valence-corrected chi connectivity index (χ4v) is 2.86. The molecule has 1 aromatic rings. The van der Waals surface area contributed by atoms with E-state index in [1.54, 1.807) is 0 Å². The Labute approximate surface area is 149 Å². The number of guanidine groups is 1. The Bertz CT molecular complexity index is 626. The highest BCUT2D eigenvalue weighted by Gasteiger charge is 2.27. The number of nitrogens with zero attached hydrogens (tertiary/aromatic N) is 3. The Morgan fingerprint density at radius 3 is 2.56 bits per heavy atom. The summed E-state index contributed by atoms with van der Waals surface area (Å²) in [4.78, 5) is 18.8. The molecule has 0 unspecified atom stereocenters. The van der Waals surface area contributed by atoms with Crippen LogP contribution in [0.15, 0.2) is 29.3 Å². The number of aliphatic imine (C=N–C) groups is 1. The molecule has 0 spiro atoms. The molecule has 1 saturated heterocycles. The fraction of sp³-hybridized carbons (Fsp3) is 0.526. The number of carbonyl (C=O) groups excluding carboxylic acids is 1. The van der Waals surface area contributed by atoms with Crippen LogP contribution in [0.1, 0.15) is 37.8 Å². The minimum atomic E-state index is -0.0818. The lowest BCUT2D eigenvalue weighted by Gasteiger charge is -2.33. The molecular weight excluding hydrogens is 316 g/mol. The second-order valence-corrected chi connectivity index (χ2v) is 5.99. The summed E-state index contributed by atoms with van der Waals surface area (Å²) >= 11 is 0. The third-order valence-corrected chi connectivity index (χ3v) is 4.24. The standard InChI is InChI=1S/C19H26N4O2/c1-3-21-19(22-14-16-7-5-15(13-20)6-8-16)23-11-9-17(10-12-23)18(24)25-4-2/h5-8,17H,3-4,9-12,14H2,1-2H3,(H,21,22). The predicted octanol–water partition coefficient (Wildman–Crippen LogP) is 2.30. The van der Waals surface area contributed by atoms with Crippen LogP contribution in [0.5, 0.6) is 0 Å². The summed E-state index contributed by atoms with van der Waals surface area (Å²) in [7, 11) is 0. The van der Waals surface area contributed by atoms with Gasteiger partial charge in [-0.25, -0.2) is 4.99 Å². The molecule has 1 aliphatic heterocycles. The lowest BCUT2D eigenvalue weighted by atomic mass is 9.97. The zero-order chi connectivity index (χ0) is 18.1. The number of nitrogens with one attached hydrogen (secondary N) is 1. The van der Waals surface area contributed by atoms with E-state index >= 15 is 0 Å². The first-order valence-corrected chi connectivity index (χ1v) is 8.86. The van der Waals surface area contributed by atoms with Crippen molar-refractivity contribution in [2.75, 3.05) is 26.2 Å². The highest BCUT2D eigenvalue weighted by molar-refractivity contribution is 5.80. The average molecular weight is 342 g/mol. The molecule has 0 atom stereocenters. The molecule has 0 radical (unpaired) electrons. The van der Waals surface area contributed by atoms with Gasteiger partial charge >= 0.3 is 5.97 Å². The topological polar surface area (TPSA) is 77.7 Å². The maximum Gasteiger partial charge on any atom is 0.309 e. The number of hydrogen-bond donors (Lipinski definition) is 1. The number of benzene rings is 1. The van der Waals surface area contributed by atoms with E-state index in [4.69, 9.17) is 15.0 Å². The molecule has 1 fully saturated rings. The van der Waals surface area contributed by atoms with Gasteiger partial charge in [0.05, 0.1) is 30.7 Å². The number of nitriles is 1. The first-order valence-electron chi connectivity index (χ1n) is 8.86. The number of esters is 1. The van der Waals surface area contributed by atoms with E-state index in [-0.39, 0.29) is 11.9 Å². The minimum Gasteiger partial charge on any atom is -0.466 e. The lowest BCUT2D eigenvalue weighted by molar-refractivity contribution is -0.149. The van der Waals surface area contributed by atoms with Crippen molar-refractivity contribution in [2.24, 2.45) is 10.9 Å². The van der Waals surface area contributed by atoms with Gasteiger partial charge in [-0.3, -0.25) is 4.79 Å². The van der Waals surface area contributed by atoms with Crippen molar-refractivity contribution in [2.45, 2.75) is 33.2 Å². The van der Waals surface area contributed by atoms with E-state index in [2.05, 4.69) is 16.3 Å². The van der Waals surface area contributed by atoms with Crippen molar-refractivity contribution < 1.29 is 9.53 Å². The van der Waals surface area contributed by atoms with Crippen molar-refractivity contribution in [3.8, 4) is 6.07 Å². The van der Waals surface area contributed by atoms with Crippen molar-refractivity contribution in [1.29, 1.82) is 5.26 Å². The van der Waals surface area contributed by atoms with Crippen LogP contribution in [0.2, 0.25) is 0 Å². The second kappa shape index (κ2) is 9.67. The van der Waals surface area contributed by atoms with Crippen LogP contribution in [0.25, 0.3) is 0 Å². The molecule has 2 rings (SSSR count). The molecule has 134 valence electrons. The Morgan fingerprint density at radius 2 is 2.00 bits per heavy atom. The van der Waals surface area contributed by atoms with Gasteiger partial charge in [0.2, 0.25) is 0 Å². The van der Waals surface area contributed by atoms with Crippen molar-refractivity contribution in [1.82, 2.24) is 10.2 Å². The van der Waals surface area contributed by atoms with Crippen LogP contribution in [-0.2, 0) is 16.1 Å². The van der Waals surface area contributed by atoms with Gasteiger partial charge < -0.3 is 15.0 Å². The molecule has 6 heteroatoms. The van der Waals surface area contributed by atoms with E-state index in [0.717, 1.165) is 44.0 Å². The summed E-state index contributed by atoms with van der Waals surface area (Å²) in [6, 6.07) is 9.59. The van der Waals surface area contributed by atoms with E-state index in [1.165, 1.54) is 0 Å². The second-order valence-electron chi connectivity index (χ2n) is 5.99. The SMILES string of the molecule is CCNC(=NCc1ccc(C#N)cc1)N1CCC(C(=O)OCC)CC1. The number of likely N-dealkylation sites (tertiary alicyclic amines) is 1. The van der Waals surface area contributed by atoms with Crippen LogP contribution in [0.4, 0.5) is 0 Å². The summed E-state index contributed by atoms with van der Waals surface area (Å²) < 4.78 is 5.12.